The minimum Gasteiger partial charge on any atom is -0.496 e. The van der Waals surface area contributed by atoms with E-state index in [0.29, 0.717) is 77.8 Å². The van der Waals surface area contributed by atoms with Gasteiger partial charge in [-0.05, 0) is 49.9 Å². The van der Waals surface area contributed by atoms with Crippen molar-refractivity contribution in [3.63, 3.8) is 0 Å². The molecular weight excluding hydrogens is 872 g/mol. The number of nitrogens with zero attached hydrogens (tertiary/aromatic N) is 8. The van der Waals surface area contributed by atoms with Crippen LogP contribution >= 0.6 is 12.4 Å². The predicted octanol–water partition coefficient (Wildman–Crippen LogP) is 2.53. The fourth-order valence-electron chi connectivity index (χ4n) is 9.02. The second-order valence-electron chi connectivity index (χ2n) is 16.6. The third kappa shape index (κ3) is 10.3. The number of hydrogen-bond donors (Lipinski definition) is 4. The van der Waals surface area contributed by atoms with Crippen LogP contribution in [-0.4, -0.2) is 124 Å². The fourth-order valence-corrected chi connectivity index (χ4v) is 9.02. The molecule has 3 aliphatic heterocycles. The van der Waals surface area contributed by atoms with Crippen molar-refractivity contribution < 1.29 is 38.2 Å². The van der Waals surface area contributed by atoms with Crippen LogP contribution in [0.15, 0.2) is 48.8 Å². The normalized spacial score (nSPS) is 18.2. The Morgan fingerprint density at radius 2 is 1.85 bits per heavy atom. The molecule has 2 aromatic carbocycles. The summed E-state index contributed by atoms with van der Waals surface area (Å²) in [5.74, 6) is 0.146. The maximum absolute atomic E-state index is 13.3. The second-order valence-corrected chi connectivity index (χ2v) is 16.6. The van der Waals surface area contributed by atoms with Gasteiger partial charge in [-0.25, -0.2) is 9.97 Å². The van der Waals surface area contributed by atoms with Crippen molar-refractivity contribution in [2.75, 3.05) is 55.6 Å². The molecule has 0 radical (unpaired) electrons. The Balaban J connectivity index is 0.00000648. The number of rotatable bonds is 18. The number of hydrogen-bond acceptors (Lipinski definition) is 14. The summed E-state index contributed by atoms with van der Waals surface area (Å²) in [5, 5.41) is 19.6. The summed E-state index contributed by atoms with van der Waals surface area (Å²) in [6, 6.07) is 9.57. The topological polar surface area (TPSA) is 235 Å². The van der Waals surface area contributed by atoms with E-state index in [1.54, 1.807) is 66.5 Å². The Labute approximate surface area is 387 Å². The molecule has 21 heteroatoms. The summed E-state index contributed by atoms with van der Waals surface area (Å²) >= 11 is 0. The monoisotopic (exact) mass is 926 g/mol. The average molecular weight is 927 g/mol. The van der Waals surface area contributed by atoms with Crippen molar-refractivity contribution in [2.45, 2.75) is 96.1 Å². The van der Waals surface area contributed by atoms with Gasteiger partial charge in [-0.1, -0.05) is 37.1 Å². The van der Waals surface area contributed by atoms with Gasteiger partial charge >= 0.3 is 0 Å². The number of benzene rings is 2. The molecule has 0 bridgehead atoms. The predicted molar refractivity (Wildman–Crippen MR) is 243 cm³/mol. The zero-order valence-electron chi connectivity index (χ0n) is 37.2. The molecule has 1 unspecified atom stereocenters. The van der Waals surface area contributed by atoms with Crippen molar-refractivity contribution in [1.29, 1.82) is 0 Å². The van der Waals surface area contributed by atoms with Crippen LogP contribution in [0.2, 0.25) is 0 Å². The Kier molecular flexibility index (Phi) is 15.2. The molecule has 0 spiro atoms. The third-order valence-electron chi connectivity index (χ3n) is 12.4. The first-order valence-corrected chi connectivity index (χ1v) is 22.1. The number of aromatic nitrogens is 5. The maximum Gasteiger partial charge on any atom is 0.255 e. The molecule has 2 aromatic heterocycles. The van der Waals surface area contributed by atoms with Crippen LogP contribution in [0.25, 0.3) is 0 Å². The number of carbonyl (C=O) groups excluding carboxylic acids is 6. The number of amides is 6. The zero-order chi connectivity index (χ0) is 45.6. The van der Waals surface area contributed by atoms with E-state index in [1.807, 2.05) is 13.0 Å². The first-order chi connectivity index (χ1) is 31.5. The minimum atomic E-state index is -0.746. The lowest BCUT2D eigenvalue weighted by atomic mass is 10.0. The van der Waals surface area contributed by atoms with Gasteiger partial charge < -0.3 is 40.1 Å². The molecular formula is C45H55ClN12O8. The van der Waals surface area contributed by atoms with E-state index in [2.05, 4.69) is 41.5 Å². The summed E-state index contributed by atoms with van der Waals surface area (Å²) in [6.07, 6.45) is 9.33. The largest absolute Gasteiger partial charge is 0.496 e. The Bertz CT molecular complexity index is 2480. The van der Waals surface area contributed by atoms with Gasteiger partial charge in [0.15, 0.2) is 5.82 Å². The average Bonchev–Trinajstić information content (AvgIpc) is 4.08. The van der Waals surface area contributed by atoms with Crippen molar-refractivity contribution in [2.24, 2.45) is 0 Å². The summed E-state index contributed by atoms with van der Waals surface area (Å²) in [6.45, 7) is 3.96. The number of halogens is 1. The number of ether oxygens (including phenoxy) is 2. The quantitative estimate of drug-likeness (QED) is 0.0830. The van der Waals surface area contributed by atoms with Gasteiger partial charge in [0.05, 0.1) is 39.2 Å². The summed E-state index contributed by atoms with van der Waals surface area (Å²) in [7, 11) is 3.35. The van der Waals surface area contributed by atoms with Crippen LogP contribution < -0.4 is 35.8 Å². The minimum absolute atomic E-state index is 0. The molecule has 1 aliphatic carbocycles. The number of piperidine rings is 1. The summed E-state index contributed by atoms with van der Waals surface area (Å²) < 4.78 is 12.9. The zero-order valence-corrected chi connectivity index (χ0v) is 38.0. The molecule has 8 rings (SSSR count). The molecule has 2 fully saturated rings. The highest BCUT2D eigenvalue weighted by atomic mass is 35.5. The van der Waals surface area contributed by atoms with Gasteiger partial charge in [-0.3, -0.25) is 38.8 Å². The van der Waals surface area contributed by atoms with Crippen molar-refractivity contribution in [3.8, 4) is 5.75 Å². The standard InChI is InChI=1S/C45H54N12O8.ClH/c1-4-34-45(63)54(2)36-23-47-38(50-41(36)57(34)30-8-5-6-9-30)21-27-12-13-28(20-37(27)64-3)42(60)48-22-29-24-55(53-52-29)18-16-46-17-19-65-26-40(59)49-33-11-7-10-31-32(33)25-56(44(31)62)35-14-15-39(58)51-43(35)61;/h7,10-13,20,23-24,30,34-35,46H,4-6,8-9,14-19,21-22,25-26H2,1-3H3,(H,48,60)(H,49,59)(H,51,58,61);1H/t34-,35?;/m1./s1. The number of carbonyl (C=O) groups is 6. The molecule has 20 nitrogen and oxygen atoms in total. The number of anilines is 3. The Hall–Kier alpha value is -6.51. The van der Waals surface area contributed by atoms with Crippen molar-refractivity contribution in [3.05, 3.63) is 82.6 Å². The van der Waals surface area contributed by atoms with Crippen LogP contribution in [0.1, 0.15) is 95.2 Å². The van der Waals surface area contributed by atoms with Gasteiger partial charge in [0.1, 0.15) is 41.6 Å². The highest BCUT2D eigenvalue weighted by Crippen LogP contribution is 2.40. The number of methoxy groups -OCH3 is 1. The molecule has 4 aliphatic rings. The SMILES string of the molecule is CC[C@@H]1C(=O)N(C)c2cnc(Cc3ccc(C(=O)NCc4cn(CCNCCOCC(=O)Nc5cccc6c5CN(C5CCC(=O)NC5=O)C6=O)nn4)cc3OC)nc2N1C1CCCC1.Cl. The van der Waals surface area contributed by atoms with Crippen molar-refractivity contribution >= 4 is 65.0 Å². The van der Waals surface area contributed by atoms with E-state index in [0.717, 1.165) is 37.1 Å². The highest BCUT2D eigenvalue weighted by Gasteiger charge is 2.42. The van der Waals surface area contributed by atoms with E-state index < -0.39 is 11.9 Å². The molecule has 350 valence electrons. The van der Waals surface area contributed by atoms with E-state index in [4.69, 9.17) is 14.5 Å². The van der Waals surface area contributed by atoms with Crippen LogP contribution in [-0.2, 0) is 50.0 Å². The molecule has 4 aromatic rings. The van der Waals surface area contributed by atoms with E-state index in [9.17, 15) is 28.8 Å². The molecule has 2 atom stereocenters. The smallest absolute Gasteiger partial charge is 0.255 e. The second kappa shape index (κ2) is 21.2. The Morgan fingerprint density at radius 1 is 1.03 bits per heavy atom. The third-order valence-corrected chi connectivity index (χ3v) is 12.4. The molecule has 4 N–H and O–H groups in total. The lowest BCUT2D eigenvalue weighted by Crippen LogP contribution is -2.55. The lowest BCUT2D eigenvalue weighted by Gasteiger charge is -2.43. The Morgan fingerprint density at radius 3 is 2.62 bits per heavy atom. The molecule has 5 heterocycles. The molecule has 6 amide bonds. The van der Waals surface area contributed by atoms with Crippen LogP contribution in [0.5, 0.6) is 5.75 Å². The van der Waals surface area contributed by atoms with Crippen LogP contribution in [0.3, 0.4) is 0 Å². The summed E-state index contributed by atoms with van der Waals surface area (Å²) in [4.78, 5) is 91.3. The number of likely N-dealkylation sites (N-methyl/N-ethyl adjacent to an activating group) is 1. The van der Waals surface area contributed by atoms with E-state index in [1.165, 1.54) is 4.90 Å². The first kappa shape index (κ1) is 47.5. The maximum atomic E-state index is 13.3. The molecule has 1 saturated heterocycles. The lowest BCUT2D eigenvalue weighted by molar-refractivity contribution is -0.137. The van der Waals surface area contributed by atoms with Gasteiger partial charge in [-0.15, -0.1) is 17.5 Å². The van der Waals surface area contributed by atoms with E-state index in [-0.39, 0.29) is 93.2 Å². The highest BCUT2D eigenvalue weighted by molar-refractivity contribution is 6.07. The summed E-state index contributed by atoms with van der Waals surface area (Å²) in [5.41, 5.74) is 4.04. The molecule has 66 heavy (non-hydrogen) atoms. The van der Waals surface area contributed by atoms with Gasteiger partial charge in [0.25, 0.3) is 11.8 Å². The van der Waals surface area contributed by atoms with Crippen LogP contribution in [0, 0.1) is 0 Å². The number of fused-ring (bicyclic) bond motifs is 2. The fraction of sp³-hybridized carbons (Fsp3) is 0.467. The van der Waals surface area contributed by atoms with Gasteiger partial charge in [0, 0.05) is 73.5 Å². The van der Waals surface area contributed by atoms with Crippen molar-refractivity contribution in [1.82, 2.24) is 45.8 Å². The number of imide groups is 1. The van der Waals surface area contributed by atoms with E-state index >= 15 is 0 Å². The molecule has 1 saturated carbocycles. The van der Waals surface area contributed by atoms with Gasteiger partial charge in [0.2, 0.25) is 23.6 Å². The number of nitrogens with one attached hydrogen (secondary N) is 4. The first-order valence-electron chi connectivity index (χ1n) is 22.1. The van der Waals surface area contributed by atoms with Gasteiger partial charge in [-0.2, -0.15) is 0 Å². The van der Waals surface area contributed by atoms with Crippen LogP contribution in [0.4, 0.5) is 17.2 Å².